The van der Waals surface area contributed by atoms with Crippen LogP contribution in [0.5, 0.6) is 5.75 Å². The van der Waals surface area contributed by atoms with Crippen LogP contribution in [0.1, 0.15) is 11.1 Å². The maximum Gasteiger partial charge on any atom is 0.262 e. The van der Waals surface area contributed by atoms with E-state index in [9.17, 15) is 4.79 Å². The summed E-state index contributed by atoms with van der Waals surface area (Å²) in [6, 6.07) is 24.8. The Labute approximate surface area is 153 Å². The molecule has 0 fully saturated rings. The number of hydrogen-bond acceptors (Lipinski definition) is 3. The van der Waals surface area contributed by atoms with Crippen LogP contribution in [0.25, 0.3) is 0 Å². The molecule has 26 heavy (non-hydrogen) atoms. The van der Waals surface area contributed by atoms with Crippen molar-refractivity contribution in [3.8, 4) is 5.75 Å². The molecule has 0 radical (unpaired) electrons. The van der Waals surface area contributed by atoms with E-state index in [0.29, 0.717) is 5.75 Å². The molecule has 0 spiro atoms. The minimum Gasteiger partial charge on any atom is -0.484 e. The van der Waals surface area contributed by atoms with Crippen LogP contribution in [-0.2, 0) is 4.79 Å². The van der Waals surface area contributed by atoms with Gasteiger partial charge < -0.3 is 10.1 Å². The van der Waals surface area contributed by atoms with Gasteiger partial charge in [-0.25, -0.2) is 0 Å². The van der Waals surface area contributed by atoms with E-state index in [0.717, 1.165) is 22.5 Å². The lowest BCUT2D eigenvalue weighted by Crippen LogP contribution is -2.20. The van der Waals surface area contributed by atoms with E-state index < -0.39 is 0 Å². The van der Waals surface area contributed by atoms with Crippen LogP contribution >= 0.6 is 0 Å². The summed E-state index contributed by atoms with van der Waals surface area (Å²) in [6.07, 6.45) is 1.79. The Morgan fingerprint density at radius 2 is 1.65 bits per heavy atom. The molecule has 4 heteroatoms. The summed E-state index contributed by atoms with van der Waals surface area (Å²) in [5.74, 6) is 0.449. The van der Waals surface area contributed by atoms with Crippen LogP contribution in [0, 0.1) is 6.92 Å². The largest absolute Gasteiger partial charge is 0.484 e. The number of aryl methyl sites for hydroxylation is 1. The molecule has 1 N–H and O–H groups in total. The molecule has 0 heterocycles. The van der Waals surface area contributed by atoms with Crippen LogP contribution in [0.4, 0.5) is 11.4 Å². The summed E-state index contributed by atoms with van der Waals surface area (Å²) >= 11 is 0. The van der Waals surface area contributed by atoms with E-state index in [4.69, 9.17) is 4.74 Å². The highest BCUT2D eigenvalue weighted by Gasteiger charge is 2.03. The summed E-state index contributed by atoms with van der Waals surface area (Å²) in [5, 5.41) is 2.80. The topological polar surface area (TPSA) is 50.7 Å². The molecule has 0 saturated heterocycles. The predicted octanol–water partition coefficient (Wildman–Crippen LogP) is 4.76. The fourth-order valence-corrected chi connectivity index (χ4v) is 2.30. The highest BCUT2D eigenvalue weighted by Crippen LogP contribution is 2.14. The van der Waals surface area contributed by atoms with Gasteiger partial charge in [-0.3, -0.25) is 9.79 Å². The minimum absolute atomic E-state index is 0.0364. The number of hydrogen-bond donors (Lipinski definition) is 1. The summed E-state index contributed by atoms with van der Waals surface area (Å²) in [6.45, 7) is 1.97. The molecule has 3 aromatic carbocycles. The Morgan fingerprint density at radius 1 is 0.962 bits per heavy atom. The quantitative estimate of drug-likeness (QED) is 0.655. The zero-order valence-corrected chi connectivity index (χ0v) is 14.6. The number of anilines is 1. The second kappa shape index (κ2) is 8.62. The fraction of sp³-hybridized carbons (Fsp3) is 0.0909. The molecule has 0 unspecified atom stereocenters. The monoisotopic (exact) mass is 344 g/mol. The number of nitrogens with zero attached hydrogens (tertiary/aromatic N) is 1. The second-order valence-corrected chi connectivity index (χ2v) is 5.87. The Bertz CT molecular complexity index is 870. The van der Waals surface area contributed by atoms with Gasteiger partial charge in [0.05, 0.1) is 5.69 Å². The highest BCUT2D eigenvalue weighted by atomic mass is 16.5. The summed E-state index contributed by atoms with van der Waals surface area (Å²) in [5.41, 5.74) is 3.78. The first-order valence-corrected chi connectivity index (χ1v) is 8.37. The molecular formula is C22H20N2O2. The zero-order chi connectivity index (χ0) is 18.2. The molecule has 130 valence electrons. The van der Waals surface area contributed by atoms with E-state index in [1.54, 1.807) is 6.21 Å². The Kier molecular flexibility index (Phi) is 5.78. The maximum absolute atomic E-state index is 11.9. The average molecular weight is 344 g/mol. The van der Waals surface area contributed by atoms with E-state index in [1.165, 1.54) is 0 Å². The van der Waals surface area contributed by atoms with Gasteiger partial charge in [-0.15, -0.1) is 0 Å². The van der Waals surface area contributed by atoms with Crippen LogP contribution in [0.2, 0.25) is 0 Å². The van der Waals surface area contributed by atoms with Crippen molar-refractivity contribution < 1.29 is 9.53 Å². The lowest BCUT2D eigenvalue weighted by molar-refractivity contribution is -0.118. The van der Waals surface area contributed by atoms with Gasteiger partial charge in [0.1, 0.15) is 5.75 Å². The Hall–Kier alpha value is -3.40. The highest BCUT2D eigenvalue weighted by molar-refractivity contribution is 5.91. The van der Waals surface area contributed by atoms with Crippen molar-refractivity contribution in [2.75, 3.05) is 11.9 Å². The molecule has 1 amide bonds. The second-order valence-electron chi connectivity index (χ2n) is 5.87. The molecular weight excluding hydrogens is 324 g/mol. The van der Waals surface area contributed by atoms with Crippen LogP contribution < -0.4 is 10.1 Å². The van der Waals surface area contributed by atoms with Gasteiger partial charge in [0.25, 0.3) is 5.91 Å². The summed E-state index contributed by atoms with van der Waals surface area (Å²) in [4.78, 5) is 16.3. The molecule has 0 saturated carbocycles. The number of ether oxygens (including phenoxy) is 1. The van der Waals surface area contributed by atoms with Gasteiger partial charge in [-0.2, -0.15) is 0 Å². The summed E-state index contributed by atoms with van der Waals surface area (Å²) in [7, 11) is 0. The van der Waals surface area contributed by atoms with Crippen molar-refractivity contribution in [3.63, 3.8) is 0 Å². The summed E-state index contributed by atoms with van der Waals surface area (Å²) < 4.78 is 5.52. The van der Waals surface area contributed by atoms with Gasteiger partial charge in [-0.05, 0) is 61.0 Å². The molecule has 0 atom stereocenters. The minimum atomic E-state index is -0.191. The number of para-hydroxylation sites is 1. The number of amides is 1. The van der Waals surface area contributed by atoms with Crippen LogP contribution in [-0.4, -0.2) is 18.7 Å². The third-order valence-corrected chi connectivity index (χ3v) is 3.70. The first-order chi connectivity index (χ1) is 12.7. The normalized spacial score (nSPS) is 10.7. The van der Waals surface area contributed by atoms with Crippen LogP contribution in [0.15, 0.2) is 83.9 Å². The smallest absolute Gasteiger partial charge is 0.262 e. The number of carbonyl (C=O) groups is 1. The van der Waals surface area contributed by atoms with Crippen molar-refractivity contribution in [1.82, 2.24) is 0 Å². The predicted molar refractivity (Wildman–Crippen MR) is 105 cm³/mol. The number of aliphatic imine (C=N–C) groups is 1. The molecule has 3 rings (SSSR count). The van der Waals surface area contributed by atoms with Crippen LogP contribution in [0.3, 0.4) is 0 Å². The lowest BCUT2D eigenvalue weighted by Gasteiger charge is -2.08. The Morgan fingerprint density at radius 3 is 2.35 bits per heavy atom. The molecule has 4 nitrogen and oxygen atoms in total. The van der Waals surface area contributed by atoms with Crippen molar-refractivity contribution in [2.45, 2.75) is 6.92 Å². The van der Waals surface area contributed by atoms with Gasteiger partial charge in [0.15, 0.2) is 6.61 Å². The van der Waals surface area contributed by atoms with E-state index >= 15 is 0 Å². The third-order valence-electron chi connectivity index (χ3n) is 3.70. The maximum atomic E-state index is 11.9. The Balaban J connectivity index is 1.50. The number of rotatable bonds is 6. The van der Waals surface area contributed by atoms with E-state index in [-0.39, 0.29) is 12.5 Å². The number of benzene rings is 3. The van der Waals surface area contributed by atoms with E-state index in [1.807, 2.05) is 85.8 Å². The third kappa shape index (κ3) is 5.31. The van der Waals surface area contributed by atoms with Crippen molar-refractivity contribution in [3.05, 3.63) is 90.0 Å². The average Bonchev–Trinajstić information content (AvgIpc) is 2.68. The van der Waals surface area contributed by atoms with Gasteiger partial charge in [0.2, 0.25) is 0 Å². The molecule has 0 bridgehead atoms. The van der Waals surface area contributed by atoms with Crippen molar-refractivity contribution in [2.24, 2.45) is 4.99 Å². The molecule has 3 aromatic rings. The lowest BCUT2D eigenvalue weighted by atomic mass is 10.2. The first-order valence-electron chi connectivity index (χ1n) is 8.37. The first kappa shape index (κ1) is 17.4. The molecule has 0 aliphatic rings. The SMILES string of the molecule is Cc1ccc(NC(=O)COc2ccc(C=Nc3ccccc3)cc2)cc1. The fourth-order valence-electron chi connectivity index (χ4n) is 2.30. The van der Waals surface area contributed by atoms with Gasteiger partial charge in [0, 0.05) is 11.9 Å². The number of carbonyl (C=O) groups excluding carboxylic acids is 1. The van der Waals surface area contributed by atoms with Crippen molar-refractivity contribution in [1.29, 1.82) is 0 Å². The van der Waals surface area contributed by atoms with Gasteiger partial charge >= 0.3 is 0 Å². The van der Waals surface area contributed by atoms with Crippen molar-refractivity contribution >= 4 is 23.5 Å². The zero-order valence-electron chi connectivity index (χ0n) is 14.6. The number of nitrogens with one attached hydrogen (secondary N) is 1. The standard InChI is InChI=1S/C22H20N2O2/c1-17-7-11-20(12-8-17)24-22(25)16-26-21-13-9-18(10-14-21)15-23-19-5-3-2-4-6-19/h2-15H,16H2,1H3,(H,24,25). The van der Waals surface area contributed by atoms with E-state index in [2.05, 4.69) is 10.3 Å². The molecule has 0 aromatic heterocycles. The molecule has 0 aliphatic carbocycles. The van der Waals surface area contributed by atoms with Gasteiger partial charge in [-0.1, -0.05) is 35.9 Å². The molecule has 0 aliphatic heterocycles.